The van der Waals surface area contributed by atoms with E-state index >= 15 is 0 Å². The molecule has 1 atom stereocenters. The molecule has 1 N–H and O–H groups in total. The zero-order valence-corrected chi connectivity index (χ0v) is 18.6. The molecular formula is C25H26N2O6. The van der Waals surface area contributed by atoms with Crippen molar-refractivity contribution in [3.8, 4) is 11.5 Å². The smallest absolute Gasteiger partial charge is 0.336 e. The molecule has 0 aliphatic carbocycles. The van der Waals surface area contributed by atoms with Crippen LogP contribution in [0.15, 0.2) is 63.8 Å². The lowest BCUT2D eigenvalue weighted by molar-refractivity contribution is -0.129. The van der Waals surface area contributed by atoms with Gasteiger partial charge >= 0.3 is 5.63 Å². The highest BCUT2D eigenvalue weighted by atomic mass is 16.5. The molecule has 0 fully saturated rings. The van der Waals surface area contributed by atoms with Crippen LogP contribution in [0.4, 0.5) is 5.69 Å². The molecule has 1 aliphatic heterocycles. The van der Waals surface area contributed by atoms with Crippen LogP contribution in [-0.4, -0.2) is 37.1 Å². The fraction of sp³-hybridized carbons (Fsp3) is 0.320. The number of hydrogen-bond acceptors (Lipinski definition) is 6. The van der Waals surface area contributed by atoms with E-state index in [-0.39, 0.29) is 31.0 Å². The Bertz CT molecular complexity index is 1220. The lowest BCUT2D eigenvalue weighted by Crippen LogP contribution is -2.53. The number of para-hydroxylation sites is 2. The Balaban J connectivity index is 1.49. The van der Waals surface area contributed by atoms with Gasteiger partial charge in [-0.1, -0.05) is 26.0 Å². The van der Waals surface area contributed by atoms with Gasteiger partial charge < -0.3 is 24.1 Å². The van der Waals surface area contributed by atoms with Crippen molar-refractivity contribution in [1.29, 1.82) is 0 Å². The maximum absolute atomic E-state index is 13.1. The Labute approximate surface area is 191 Å². The number of hydrogen-bond donors (Lipinski definition) is 1. The van der Waals surface area contributed by atoms with E-state index in [1.807, 2.05) is 13.8 Å². The van der Waals surface area contributed by atoms with Crippen molar-refractivity contribution in [3.05, 3.63) is 65.0 Å². The molecule has 33 heavy (non-hydrogen) atoms. The highest BCUT2D eigenvalue weighted by molar-refractivity contribution is 5.98. The fourth-order valence-electron chi connectivity index (χ4n) is 3.75. The van der Waals surface area contributed by atoms with Gasteiger partial charge in [0.2, 0.25) is 0 Å². The van der Waals surface area contributed by atoms with Gasteiger partial charge in [0.05, 0.1) is 12.2 Å². The van der Waals surface area contributed by atoms with E-state index in [0.717, 1.165) is 18.2 Å². The lowest BCUT2D eigenvalue weighted by Gasteiger charge is -2.34. The van der Waals surface area contributed by atoms with Gasteiger partial charge in [-0.15, -0.1) is 0 Å². The zero-order valence-electron chi connectivity index (χ0n) is 18.6. The first kappa shape index (κ1) is 22.4. The molecule has 1 unspecified atom stereocenters. The number of anilines is 1. The summed E-state index contributed by atoms with van der Waals surface area (Å²) in [6, 6.07) is 15.2. The minimum absolute atomic E-state index is 0.0544. The standard InChI is InChI=1S/C25H26N2O6/c1-3-17(4-2)26-25(30)22-14-27(19-7-5-6-8-20(19)32-22)23(28)15-31-18-11-9-16-10-12-24(29)33-21(16)13-18/h5-13,17,22H,3-4,14-15H2,1-2H3,(H,26,30). The van der Waals surface area contributed by atoms with Crippen LogP contribution in [0, 0.1) is 0 Å². The van der Waals surface area contributed by atoms with E-state index in [4.69, 9.17) is 13.9 Å². The summed E-state index contributed by atoms with van der Waals surface area (Å²) in [6.45, 7) is 3.85. The van der Waals surface area contributed by atoms with E-state index < -0.39 is 11.7 Å². The van der Waals surface area contributed by atoms with Crippen LogP contribution in [0.25, 0.3) is 11.0 Å². The molecule has 2 amide bonds. The second-order valence-electron chi connectivity index (χ2n) is 7.84. The number of amides is 2. The molecule has 8 heteroatoms. The van der Waals surface area contributed by atoms with Gasteiger partial charge in [0.15, 0.2) is 12.7 Å². The predicted molar refractivity (Wildman–Crippen MR) is 124 cm³/mol. The summed E-state index contributed by atoms with van der Waals surface area (Å²) >= 11 is 0. The molecule has 1 aromatic heterocycles. The molecule has 4 rings (SSSR count). The molecule has 8 nitrogen and oxygen atoms in total. The number of nitrogens with one attached hydrogen (secondary N) is 1. The molecule has 0 bridgehead atoms. The van der Waals surface area contributed by atoms with Crippen molar-refractivity contribution in [3.63, 3.8) is 0 Å². The summed E-state index contributed by atoms with van der Waals surface area (Å²) in [5, 5.41) is 3.74. The quantitative estimate of drug-likeness (QED) is 0.555. The number of rotatable bonds is 7. The van der Waals surface area contributed by atoms with Crippen LogP contribution in [0.5, 0.6) is 11.5 Å². The van der Waals surface area contributed by atoms with Crippen LogP contribution < -0.4 is 25.3 Å². The number of ether oxygens (including phenoxy) is 2. The predicted octanol–water partition coefficient (Wildman–Crippen LogP) is 3.27. The molecule has 2 aromatic carbocycles. The highest BCUT2D eigenvalue weighted by Crippen LogP contribution is 2.33. The van der Waals surface area contributed by atoms with Gasteiger partial charge in [0, 0.05) is 23.6 Å². The Morgan fingerprint density at radius 1 is 1.12 bits per heavy atom. The van der Waals surface area contributed by atoms with Crippen LogP contribution >= 0.6 is 0 Å². The van der Waals surface area contributed by atoms with Gasteiger partial charge in [0.1, 0.15) is 17.1 Å². The fourth-order valence-corrected chi connectivity index (χ4v) is 3.75. The van der Waals surface area contributed by atoms with Crippen LogP contribution in [-0.2, 0) is 9.59 Å². The van der Waals surface area contributed by atoms with E-state index in [9.17, 15) is 14.4 Å². The largest absolute Gasteiger partial charge is 0.484 e. The van der Waals surface area contributed by atoms with Gasteiger partial charge in [0.25, 0.3) is 11.8 Å². The molecule has 1 aliphatic rings. The summed E-state index contributed by atoms with van der Waals surface area (Å²) in [4.78, 5) is 38.9. The normalized spacial score (nSPS) is 15.1. The molecule has 3 aromatic rings. The van der Waals surface area contributed by atoms with Crippen molar-refractivity contribution in [2.24, 2.45) is 0 Å². The Morgan fingerprint density at radius 2 is 1.88 bits per heavy atom. The average Bonchev–Trinajstić information content (AvgIpc) is 2.84. The molecule has 172 valence electrons. The first-order valence-corrected chi connectivity index (χ1v) is 11.0. The third kappa shape index (κ3) is 5.00. The van der Waals surface area contributed by atoms with E-state index in [2.05, 4.69) is 5.32 Å². The van der Waals surface area contributed by atoms with Crippen LogP contribution in [0.2, 0.25) is 0 Å². The van der Waals surface area contributed by atoms with Crippen LogP contribution in [0.3, 0.4) is 0 Å². The second kappa shape index (κ2) is 9.77. The first-order valence-electron chi connectivity index (χ1n) is 11.0. The Morgan fingerprint density at radius 3 is 2.67 bits per heavy atom. The minimum atomic E-state index is -0.820. The third-order valence-corrected chi connectivity index (χ3v) is 5.66. The summed E-state index contributed by atoms with van der Waals surface area (Å²) in [6.07, 6.45) is 0.807. The van der Waals surface area contributed by atoms with Gasteiger partial charge in [-0.05, 0) is 43.2 Å². The van der Waals surface area contributed by atoms with Crippen LogP contribution in [0.1, 0.15) is 26.7 Å². The van der Waals surface area contributed by atoms with Gasteiger partial charge in [-0.3, -0.25) is 9.59 Å². The van der Waals surface area contributed by atoms with Gasteiger partial charge in [-0.2, -0.15) is 0 Å². The molecule has 0 radical (unpaired) electrons. The monoisotopic (exact) mass is 450 g/mol. The van der Waals surface area contributed by atoms with Crippen molar-refractivity contribution in [2.75, 3.05) is 18.1 Å². The molecule has 0 spiro atoms. The zero-order chi connectivity index (χ0) is 23.4. The van der Waals surface area contributed by atoms with Crippen molar-refractivity contribution in [1.82, 2.24) is 5.32 Å². The SMILES string of the molecule is CCC(CC)NC(=O)C1CN(C(=O)COc2ccc3ccc(=O)oc3c2)c2ccccc2O1. The van der Waals surface area contributed by atoms with E-state index in [0.29, 0.717) is 22.8 Å². The van der Waals surface area contributed by atoms with Crippen molar-refractivity contribution in [2.45, 2.75) is 38.8 Å². The number of fused-ring (bicyclic) bond motifs is 2. The third-order valence-electron chi connectivity index (χ3n) is 5.66. The van der Waals surface area contributed by atoms with Crippen molar-refractivity contribution >= 4 is 28.5 Å². The molecule has 2 heterocycles. The molecule has 0 saturated carbocycles. The number of carbonyl (C=O) groups excluding carboxylic acids is 2. The Kier molecular flexibility index (Phi) is 6.63. The summed E-state index contributed by atoms with van der Waals surface area (Å²) in [5.41, 5.74) is 0.503. The maximum atomic E-state index is 13.1. The second-order valence-corrected chi connectivity index (χ2v) is 7.84. The summed E-state index contributed by atoms with van der Waals surface area (Å²) in [5.74, 6) is 0.297. The Hall–Kier alpha value is -3.81. The summed E-state index contributed by atoms with van der Waals surface area (Å²) in [7, 11) is 0. The van der Waals surface area contributed by atoms with Gasteiger partial charge in [-0.25, -0.2) is 4.79 Å². The summed E-state index contributed by atoms with van der Waals surface area (Å²) < 4.78 is 16.8. The van der Waals surface area contributed by atoms with E-state index in [1.54, 1.807) is 48.5 Å². The van der Waals surface area contributed by atoms with E-state index in [1.165, 1.54) is 11.0 Å². The average molecular weight is 450 g/mol. The number of benzene rings is 2. The first-order chi connectivity index (χ1) is 16.0. The van der Waals surface area contributed by atoms with Crippen molar-refractivity contribution < 1.29 is 23.5 Å². The number of carbonyl (C=O) groups is 2. The molecule has 0 saturated heterocycles. The number of nitrogens with zero attached hydrogens (tertiary/aromatic N) is 1. The lowest BCUT2D eigenvalue weighted by atomic mass is 10.1. The molecular weight excluding hydrogens is 424 g/mol. The minimum Gasteiger partial charge on any atom is -0.484 e. The topological polar surface area (TPSA) is 98.1 Å². The highest BCUT2D eigenvalue weighted by Gasteiger charge is 2.34. The maximum Gasteiger partial charge on any atom is 0.336 e.